The van der Waals surface area contributed by atoms with Crippen LogP contribution in [0.2, 0.25) is 0 Å². The van der Waals surface area contributed by atoms with Gasteiger partial charge in [0.1, 0.15) is 10.6 Å². The van der Waals surface area contributed by atoms with Crippen LogP contribution in [0.15, 0.2) is 65.0 Å². The van der Waals surface area contributed by atoms with Gasteiger partial charge in [-0.3, -0.25) is 14.2 Å². The van der Waals surface area contributed by atoms with Crippen molar-refractivity contribution in [3.8, 4) is 16.9 Å². The van der Waals surface area contributed by atoms with Crippen LogP contribution in [0.25, 0.3) is 21.3 Å². The molecule has 5 nitrogen and oxygen atoms in total. The zero-order valence-corrected chi connectivity index (χ0v) is 16.3. The summed E-state index contributed by atoms with van der Waals surface area (Å²) in [5, 5.41) is 2.49. The predicted octanol–water partition coefficient (Wildman–Crippen LogP) is 4.32. The van der Waals surface area contributed by atoms with Gasteiger partial charge in [-0.2, -0.15) is 0 Å². The van der Waals surface area contributed by atoms with Gasteiger partial charge in [0.15, 0.2) is 5.78 Å². The van der Waals surface area contributed by atoms with Crippen LogP contribution in [0.3, 0.4) is 0 Å². The maximum absolute atomic E-state index is 13.1. The fraction of sp³-hybridized carbons (Fsp3) is 0.136. The number of methoxy groups -OCH3 is 1. The molecule has 140 valence electrons. The zero-order chi connectivity index (χ0) is 19.7. The number of carbonyl (C=O) groups excluding carboxylic acids is 1. The number of ketones is 1. The molecule has 2 aromatic carbocycles. The second kappa shape index (κ2) is 7.40. The standard InChI is InChI=1S/C22H18N2O3S/c1-14-6-8-15(9-7-14)18-12-28-21-20(18)22(26)24(13-23-21)11-19(25)16-4-3-5-17(10-16)27-2/h3-10,12-13H,11H2,1-2H3. The van der Waals surface area contributed by atoms with Gasteiger partial charge >= 0.3 is 0 Å². The van der Waals surface area contributed by atoms with Crippen LogP contribution in [0, 0.1) is 6.92 Å². The van der Waals surface area contributed by atoms with Gasteiger partial charge in [0.25, 0.3) is 5.56 Å². The van der Waals surface area contributed by atoms with Crippen LogP contribution in [0.1, 0.15) is 15.9 Å². The van der Waals surface area contributed by atoms with Crippen molar-refractivity contribution in [3.05, 3.63) is 81.7 Å². The molecule has 0 atom stereocenters. The Bertz CT molecular complexity index is 1220. The third-order valence-corrected chi connectivity index (χ3v) is 5.52. The molecule has 0 aliphatic rings. The highest BCUT2D eigenvalue weighted by Gasteiger charge is 2.15. The number of thiophene rings is 1. The number of hydrogen-bond acceptors (Lipinski definition) is 5. The molecular weight excluding hydrogens is 372 g/mol. The lowest BCUT2D eigenvalue weighted by molar-refractivity contribution is 0.0970. The fourth-order valence-electron chi connectivity index (χ4n) is 3.07. The molecule has 0 saturated heterocycles. The average Bonchev–Trinajstić information content (AvgIpc) is 3.15. The Morgan fingerprint density at radius 2 is 1.96 bits per heavy atom. The summed E-state index contributed by atoms with van der Waals surface area (Å²) >= 11 is 1.43. The first kappa shape index (κ1) is 18.1. The van der Waals surface area contributed by atoms with Crippen molar-refractivity contribution >= 4 is 27.3 Å². The van der Waals surface area contributed by atoms with Crippen LogP contribution in [-0.4, -0.2) is 22.4 Å². The van der Waals surface area contributed by atoms with E-state index in [1.165, 1.54) is 22.2 Å². The number of rotatable bonds is 5. The third-order valence-electron chi connectivity index (χ3n) is 4.63. The van der Waals surface area contributed by atoms with E-state index in [1.54, 1.807) is 31.4 Å². The Labute approximate surface area is 165 Å². The molecule has 0 fully saturated rings. The highest BCUT2D eigenvalue weighted by molar-refractivity contribution is 7.17. The van der Waals surface area contributed by atoms with Crippen molar-refractivity contribution in [2.24, 2.45) is 0 Å². The molecule has 0 radical (unpaired) electrons. The first-order valence-electron chi connectivity index (χ1n) is 8.78. The number of benzene rings is 2. The molecule has 0 bridgehead atoms. The van der Waals surface area contributed by atoms with E-state index >= 15 is 0 Å². The lowest BCUT2D eigenvalue weighted by atomic mass is 10.0. The van der Waals surface area contributed by atoms with E-state index in [1.807, 2.05) is 36.6 Å². The van der Waals surface area contributed by atoms with Gasteiger partial charge in [0.2, 0.25) is 0 Å². The number of hydrogen-bond donors (Lipinski definition) is 0. The van der Waals surface area contributed by atoms with E-state index in [0.717, 1.165) is 16.7 Å². The molecule has 0 N–H and O–H groups in total. The normalized spacial score (nSPS) is 10.9. The Hall–Kier alpha value is -3.25. The number of Topliss-reactive ketones (excluding diaryl/α,β-unsaturated/α-hetero) is 1. The maximum atomic E-state index is 13.1. The van der Waals surface area contributed by atoms with Crippen molar-refractivity contribution in [2.45, 2.75) is 13.5 Å². The lowest BCUT2D eigenvalue weighted by Gasteiger charge is -2.07. The molecule has 0 amide bonds. The first-order chi connectivity index (χ1) is 13.6. The second-order valence-corrected chi connectivity index (χ2v) is 7.39. The van der Waals surface area contributed by atoms with Gasteiger partial charge in [0.05, 0.1) is 25.4 Å². The average molecular weight is 390 g/mol. The molecule has 0 saturated carbocycles. The fourth-order valence-corrected chi connectivity index (χ4v) is 3.97. The maximum Gasteiger partial charge on any atom is 0.263 e. The Balaban J connectivity index is 1.73. The summed E-state index contributed by atoms with van der Waals surface area (Å²) < 4.78 is 6.54. The number of aryl methyl sites for hydroxylation is 1. The van der Waals surface area contributed by atoms with Gasteiger partial charge in [0, 0.05) is 16.5 Å². The molecule has 28 heavy (non-hydrogen) atoms. The molecule has 0 aliphatic carbocycles. The molecule has 0 aliphatic heterocycles. The Kier molecular flexibility index (Phi) is 4.79. The minimum absolute atomic E-state index is 0.0713. The highest BCUT2D eigenvalue weighted by Crippen LogP contribution is 2.30. The minimum atomic E-state index is -0.210. The van der Waals surface area contributed by atoms with Gasteiger partial charge in [-0.05, 0) is 24.6 Å². The van der Waals surface area contributed by atoms with Crippen LogP contribution in [-0.2, 0) is 6.54 Å². The van der Waals surface area contributed by atoms with E-state index in [-0.39, 0.29) is 17.9 Å². The molecule has 4 aromatic rings. The van der Waals surface area contributed by atoms with Crippen LogP contribution in [0.4, 0.5) is 0 Å². The van der Waals surface area contributed by atoms with E-state index < -0.39 is 0 Å². The van der Waals surface area contributed by atoms with Crippen LogP contribution >= 0.6 is 11.3 Å². The summed E-state index contributed by atoms with van der Waals surface area (Å²) in [5.41, 5.74) is 3.25. The van der Waals surface area contributed by atoms with Gasteiger partial charge < -0.3 is 4.74 Å². The van der Waals surface area contributed by atoms with Crippen molar-refractivity contribution < 1.29 is 9.53 Å². The summed E-state index contributed by atoms with van der Waals surface area (Å²) in [6.07, 6.45) is 1.44. The van der Waals surface area contributed by atoms with E-state index in [9.17, 15) is 9.59 Å². The molecule has 6 heteroatoms. The minimum Gasteiger partial charge on any atom is -0.497 e. The quantitative estimate of drug-likeness (QED) is 0.476. The number of nitrogens with zero attached hydrogens (tertiary/aromatic N) is 2. The summed E-state index contributed by atoms with van der Waals surface area (Å²) in [7, 11) is 1.55. The summed E-state index contributed by atoms with van der Waals surface area (Å²) in [4.78, 5) is 30.8. The summed E-state index contributed by atoms with van der Waals surface area (Å²) in [5.74, 6) is 0.431. The number of fused-ring (bicyclic) bond motifs is 1. The van der Waals surface area contributed by atoms with Gasteiger partial charge in [-0.1, -0.05) is 42.0 Å². The first-order valence-corrected chi connectivity index (χ1v) is 9.65. The number of aromatic nitrogens is 2. The summed E-state index contributed by atoms with van der Waals surface area (Å²) in [6.45, 7) is 1.95. The van der Waals surface area contributed by atoms with Crippen LogP contribution < -0.4 is 10.3 Å². The second-order valence-electron chi connectivity index (χ2n) is 6.53. The van der Waals surface area contributed by atoms with Crippen molar-refractivity contribution in [1.29, 1.82) is 0 Å². The monoisotopic (exact) mass is 390 g/mol. The molecule has 2 aromatic heterocycles. The molecule has 0 unspecified atom stereocenters. The highest BCUT2D eigenvalue weighted by atomic mass is 32.1. The van der Waals surface area contributed by atoms with Crippen molar-refractivity contribution in [2.75, 3.05) is 7.11 Å². The van der Waals surface area contributed by atoms with Crippen molar-refractivity contribution in [3.63, 3.8) is 0 Å². The zero-order valence-electron chi connectivity index (χ0n) is 15.5. The molecular formula is C22H18N2O3S. The summed E-state index contributed by atoms with van der Waals surface area (Å²) in [6, 6.07) is 14.9. The van der Waals surface area contributed by atoms with E-state index in [2.05, 4.69) is 4.98 Å². The Morgan fingerprint density at radius 1 is 1.18 bits per heavy atom. The largest absolute Gasteiger partial charge is 0.497 e. The van der Waals surface area contributed by atoms with Gasteiger partial charge in [-0.25, -0.2) is 4.98 Å². The topological polar surface area (TPSA) is 61.2 Å². The molecule has 0 spiro atoms. The molecule has 2 heterocycles. The smallest absolute Gasteiger partial charge is 0.263 e. The van der Waals surface area contributed by atoms with Gasteiger partial charge in [-0.15, -0.1) is 11.3 Å². The van der Waals surface area contributed by atoms with E-state index in [0.29, 0.717) is 21.5 Å². The number of ether oxygens (including phenoxy) is 1. The van der Waals surface area contributed by atoms with E-state index in [4.69, 9.17) is 4.74 Å². The SMILES string of the molecule is COc1cccc(C(=O)Cn2cnc3scc(-c4ccc(C)cc4)c3c2=O)c1. The third kappa shape index (κ3) is 3.34. The van der Waals surface area contributed by atoms with Crippen molar-refractivity contribution in [1.82, 2.24) is 9.55 Å². The predicted molar refractivity (Wildman–Crippen MR) is 111 cm³/mol. The molecule has 4 rings (SSSR count). The lowest BCUT2D eigenvalue weighted by Crippen LogP contribution is -2.24. The Morgan fingerprint density at radius 3 is 2.71 bits per heavy atom. The number of carbonyl (C=O) groups is 1. The van der Waals surface area contributed by atoms with Crippen LogP contribution in [0.5, 0.6) is 5.75 Å².